The van der Waals surface area contributed by atoms with Gasteiger partial charge in [-0.3, -0.25) is 9.59 Å². The first-order valence-electron chi connectivity index (χ1n) is 7.40. The molecule has 25 heavy (non-hydrogen) atoms. The number of methoxy groups -OCH3 is 2. The van der Waals surface area contributed by atoms with Crippen LogP contribution in [0.25, 0.3) is 11.1 Å². The van der Waals surface area contributed by atoms with Crippen LogP contribution in [0.3, 0.4) is 0 Å². The van der Waals surface area contributed by atoms with Gasteiger partial charge in [-0.2, -0.15) is 0 Å². The number of benzene rings is 2. The van der Waals surface area contributed by atoms with Crippen LogP contribution in [0.2, 0.25) is 0 Å². The molecule has 2 aromatic carbocycles. The number of carbonyl (C=O) groups excluding carboxylic acids is 2. The Morgan fingerprint density at radius 1 is 0.680 bits per heavy atom. The zero-order chi connectivity index (χ0) is 18.2. The van der Waals surface area contributed by atoms with Crippen molar-refractivity contribution in [1.29, 1.82) is 0 Å². The van der Waals surface area contributed by atoms with Crippen molar-refractivity contribution in [3.8, 4) is 0 Å². The van der Waals surface area contributed by atoms with Crippen molar-refractivity contribution >= 4 is 54.6 Å². The number of hydrogen-bond acceptors (Lipinski definition) is 4. The smallest absolute Gasteiger partial charge is 0.299 e. The summed E-state index contributed by atoms with van der Waals surface area (Å²) < 4.78 is 12.2. The summed E-state index contributed by atoms with van der Waals surface area (Å²) in [6.45, 7) is 0. The third-order valence-corrected chi connectivity index (χ3v) is 5.20. The van der Waals surface area contributed by atoms with Crippen LogP contribution in [0.4, 0.5) is 0 Å². The average Bonchev–Trinajstić information content (AvgIpc) is 2.84. The van der Waals surface area contributed by atoms with Crippen LogP contribution in [0.1, 0.15) is 11.1 Å². The molecule has 0 atom stereocenters. The van der Waals surface area contributed by atoms with Gasteiger partial charge in [0.1, 0.15) is 0 Å². The molecule has 1 aliphatic carbocycles. The van der Waals surface area contributed by atoms with E-state index in [-0.39, 0.29) is 0 Å². The lowest BCUT2D eigenvalue weighted by molar-refractivity contribution is -0.197. The molecule has 0 fully saturated rings. The van der Waals surface area contributed by atoms with E-state index in [4.69, 9.17) is 9.47 Å². The third-order valence-electron chi connectivity index (χ3n) is 4.14. The summed E-state index contributed by atoms with van der Waals surface area (Å²) in [5, 5.41) is 0. The highest BCUT2D eigenvalue weighted by Crippen LogP contribution is 2.42. The topological polar surface area (TPSA) is 52.6 Å². The summed E-state index contributed by atoms with van der Waals surface area (Å²) >= 11 is 6.75. The molecule has 0 spiro atoms. The molecule has 2 aromatic rings. The maximum atomic E-state index is 13.1. The monoisotopic (exact) mass is 464 g/mol. The Kier molecular flexibility index (Phi) is 5.06. The van der Waals surface area contributed by atoms with Crippen molar-refractivity contribution < 1.29 is 19.1 Å². The quantitative estimate of drug-likeness (QED) is 0.500. The van der Waals surface area contributed by atoms with E-state index in [0.29, 0.717) is 22.3 Å². The number of Topliss-reactive ketones (excluding diaryl/α,β-unsaturated/α-hetero) is 2. The van der Waals surface area contributed by atoms with Gasteiger partial charge in [-0.05, 0) is 35.4 Å². The molecule has 6 heteroatoms. The molecule has 0 saturated heterocycles. The largest absolute Gasteiger partial charge is 0.341 e. The Bertz CT molecular complexity index is 794. The predicted molar refractivity (Wildman–Crippen MR) is 102 cm³/mol. The summed E-state index contributed by atoms with van der Waals surface area (Å²) in [6, 6.07) is 14.4. The fraction of sp³-hybridized carbons (Fsp3) is 0.158. The van der Waals surface area contributed by atoms with Crippen LogP contribution in [-0.2, 0) is 19.1 Å². The lowest BCUT2D eigenvalue weighted by Crippen LogP contribution is -2.46. The molecule has 0 bridgehead atoms. The van der Waals surface area contributed by atoms with Gasteiger partial charge in [0.2, 0.25) is 11.6 Å². The molecule has 3 rings (SSSR count). The Morgan fingerprint density at radius 3 is 1.28 bits per heavy atom. The number of rotatable bonds is 4. The summed E-state index contributed by atoms with van der Waals surface area (Å²) in [5.41, 5.74) is 1.86. The van der Waals surface area contributed by atoms with Gasteiger partial charge >= 0.3 is 0 Å². The SMILES string of the molecule is COC1(OC)C(=O)C(c2ccc(Br)cc2)=C(c2ccc(Br)cc2)C1=O. The average molecular weight is 466 g/mol. The maximum Gasteiger partial charge on any atom is 0.299 e. The Labute approximate surface area is 162 Å². The molecule has 0 saturated carbocycles. The summed E-state index contributed by atoms with van der Waals surface area (Å²) in [4.78, 5) is 26.2. The standard InChI is InChI=1S/C19H14Br2O4/c1-24-19(25-2)17(22)15(11-3-7-13(20)8-4-11)16(18(19)23)12-5-9-14(21)10-6-12/h3-10H,1-2H3. The van der Waals surface area contributed by atoms with E-state index in [1.807, 2.05) is 24.3 Å². The minimum absolute atomic E-state index is 0.295. The highest BCUT2D eigenvalue weighted by molar-refractivity contribution is 9.10. The van der Waals surface area contributed by atoms with Gasteiger partial charge in [-0.25, -0.2) is 0 Å². The van der Waals surface area contributed by atoms with E-state index in [1.165, 1.54) is 14.2 Å². The molecular formula is C19H14Br2O4. The molecule has 1 aliphatic rings. The van der Waals surface area contributed by atoms with E-state index in [2.05, 4.69) is 31.9 Å². The van der Waals surface area contributed by atoms with Crippen LogP contribution in [0, 0.1) is 0 Å². The number of halogens is 2. The minimum atomic E-state index is -1.94. The van der Waals surface area contributed by atoms with Gasteiger partial charge in [0.05, 0.1) is 0 Å². The molecular weight excluding hydrogens is 452 g/mol. The fourth-order valence-corrected chi connectivity index (χ4v) is 3.43. The fourth-order valence-electron chi connectivity index (χ4n) is 2.90. The van der Waals surface area contributed by atoms with Crippen molar-refractivity contribution in [1.82, 2.24) is 0 Å². The van der Waals surface area contributed by atoms with Gasteiger partial charge in [0, 0.05) is 34.3 Å². The number of ketones is 2. The van der Waals surface area contributed by atoms with Crippen molar-refractivity contribution in [2.75, 3.05) is 14.2 Å². The van der Waals surface area contributed by atoms with Crippen LogP contribution < -0.4 is 0 Å². The van der Waals surface area contributed by atoms with Crippen molar-refractivity contribution in [3.05, 3.63) is 68.6 Å². The zero-order valence-electron chi connectivity index (χ0n) is 13.5. The van der Waals surface area contributed by atoms with Crippen LogP contribution in [0.5, 0.6) is 0 Å². The highest BCUT2D eigenvalue weighted by Gasteiger charge is 2.56. The van der Waals surface area contributed by atoms with Crippen molar-refractivity contribution in [2.24, 2.45) is 0 Å². The maximum absolute atomic E-state index is 13.1. The third kappa shape index (κ3) is 2.93. The lowest BCUT2D eigenvalue weighted by Gasteiger charge is -2.22. The number of carbonyl (C=O) groups is 2. The Hall–Kier alpha value is -1.60. The second kappa shape index (κ2) is 6.96. The van der Waals surface area contributed by atoms with Gasteiger partial charge in [-0.1, -0.05) is 56.1 Å². The van der Waals surface area contributed by atoms with E-state index in [1.54, 1.807) is 24.3 Å². The van der Waals surface area contributed by atoms with Crippen LogP contribution in [-0.4, -0.2) is 31.6 Å². The number of hydrogen-bond donors (Lipinski definition) is 0. The first kappa shape index (κ1) is 18.2. The van der Waals surface area contributed by atoms with Gasteiger partial charge in [0.15, 0.2) is 0 Å². The second-order valence-electron chi connectivity index (χ2n) is 5.45. The normalized spacial score (nSPS) is 16.6. The van der Waals surface area contributed by atoms with Crippen molar-refractivity contribution in [3.63, 3.8) is 0 Å². The predicted octanol–water partition coefficient (Wildman–Crippen LogP) is 4.26. The van der Waals surface area contributed by atoms with Crippen LogP contribution >= 0.6 is 31.9 Å². The second-order valence-corrected chi connectivity index (χ2v) is 7.28. The Balaban J connectivity index is 2.28. The molecule has 0 unspecified atom stereocenters. The highest BCUT2D eigenvalue weighted by atomic mass is 79.9. The molecule has 0 aromatic heterocycles. The summed E-state index contributed by atoms with van der Waals surface area (Å²) in [5.74, 6) is -2.93. The molecule has 0 N–H and O–H groups in total. The number of ether oxygens (including phenoxy) is 2. The summed E-state index contributed by atoms with van der Waals surface area (Å²) in [6.07, 6.45) is 0. The molecule has 0 amide bonds. The Morgan fingerprint density at radius 2 is 1.00 bits per heavy atom. The first-order chi connectivity index (χ1) is 11.9. The summed E-state index contributed by atoms with van der Waals surface area (Å²) in [7, 11) is 2.59. The van der Waals surface area contributed by atoms with Crippen LogP contribution in [0.15, 0.2) is 57.5 Å². The van der Waals surface area contributed by atoms with E-state index < -0.39 is 17.4 Å². The molecule has 0 aliphatic heterocycles. The van der Waals surface area contributed by atoms with E-state index in [9.17, 15) is 9.59 Å². The minimum Gasteiger partial charge on any atom is -0.341 e. The van der Waals surface area contributed by atoms with E-state index >= 15 is 0 Å². The zero-order valence-corrected chi connectivity index (χ0v) is 16.7. The molecule has 4 nitrogen and oxygen atoms in total. The van der Waals surface area contributed by atoms with Gasteiger partial charge < -0.3 is 9.47 Å². The van der Waals surface area contributed by atoms with Gasteiger partial charge in [0.25, 0.3) is 5.79 Å². The van der Waals surface area contributed by atoms with E-state index in [0.717, 1.165) is 8.95 Å². The molecule has 0 heterocycles. The lowest BCUT2D eigenvalue weighted by atomic mass is 9.96. The first-order valence-corrected chi connectivity index (χ1v) is 8.99. The molecule has 0 radical (unpaired) electrons. The molecule has 128 valence electrons. The van der Waals surface area contributed by atoms with Crippen molar-refractivity contribution in [2.45, 2.75) is 5.79 Å². The van der Waals surface area contributed by atoms with Gasteiger partial charge in [-0.15, -0.1) is 0 Å².